The second-order valence-electron chi connectivity index (χ2n) is 5.10. The normalized spacial score (nSPS) is 11.9. The molecule has 0 aliphatic heterocycles. The molecule has 0 aliphatic rings. The Kier molecular flexibility index (Phi) is 4.10. The lowest BCUT2D eigenvalue weighted by Crippen LogP contribution is -2.29. The average molecular weight is 309 g/mol. The van der Waals surface area contributed by atoms with Gasteiger partial charge in [-0.05, 0) is 24.6 Å². The molecular formula is C18H15NO4. The van der Waals surface area contributed by atoms with Crippen molar-refractivity contribution in [3.63, 3.8) is 0 Å². The minimum Gasteiger partial charge on any atom is -0.467 e. The molecule has 1 unspecified atom stereocenters. The summed E-state index contributed by atoms with van der Waals surface area (Å²) in [6.45, 7) is 1.62. The molecule has 1 N–H and O–H groups in total. The molecule has 0 saturated heterocycles. The highest BCUT2D eigenvalue weighted by atomic mass is 16.3. The quantitative estimate of drug-likeness (QED) is 0.804. The van der Waals surface area contributed by atoms with Gasteiger partial charge in [0.1, 0.15) is 17.6 Å². The lowest BCUT2D eigenvalue weighted by molar-refractivity contribution is 0.0907. The molecule has 1 atom stereocenters. The first-order valence-corrected chi connectivity index (χ1v) is 7.14. The van der Waals surface area contributed by atoms with Crippen LogP contribution in [0.15, 0.2) is 74.5 Å². The van der Waals surface area contributed by atoms with Crippen LogP contribution in [-0.4, -0.2) is 5.91 Å². The smallest absolute Gasteiger partial charge is 0.287 e. The van der Waals surface area contributed by atoms with Crippen LogP contribution in [0.4, 0.5) is 0 Å². The highest BCUT2D eigenvalue weighted by Gasteiger charge is 2.21. The van der Waals surface area contributed by atoms with Crippen molar-refractivity contribution in [3.8, 4) is 0 Å². The second kappa shape index (κ2) is 6.36. The maximum Gasteiger partial charge on any atom is 0.287 e. The van der Waals surface area contributed by atoms with Crippen molar-refractivity contribution in [2.45, 2.75) is 13.0 Å². The summed E-state index contributed by atoms with van der Waals surface area (Å²) in [5.74, 6) is 0.481. The molecule has 5 nitrogen and oxygen atoms in total. The van der Waals surface area contributed by atoms with E-state index in [-0.39, 0.29) is 11.2 Å². The van der Waals surface area contributed by atoms with Crippen LogP contribution in [0.5, 0.6) is 0 Å². The number of carbonyl (C=O) groups excluding carboxylic acids is 1. The third-order valence-electron chi connectivity index (χ3n) is 3.35. The molecular weight excluding hydrogens is 294 g/mol. The number of amides is 1. The highest BCUT2D eigenvalue weighted by molar-refractivity contribution is 5.91. The van der Waals surface area contributed by atoms with E-state index in [4.69, 9.17) is 8.83 Å². The molecule has 0 fully saturated rings. The maximum absolute atomic E-state index is 12.4. The summed E-state index contributed by atoms with van der Waals surface area (Å²) in [5.41, 5.74) is 0.596. The Hall–Kier alpha value is -3.08. The van der Waals surface area contributed by atoms with E-state index in [1.54, 1.807) is 25.3 Å². The van der Waals surface area contributed by atoms with Crippen LogP contribution >= 0.6 is 0 Å². The topological polar surface area (TPSA) is 72.5 Å². The minimum absolute atomic E-state index is 0.0255. The molecule has 2 aromatic heterocycles. The first kappa shape index (κ1) is 14.8. The van der Waals surface area contributed by atoms with Crippen LogP contribution in [0.25, 0.3) is 0 Å². The van der Waals surface area contributed by atoms with Crippen LogP contribution in [0, 0.1) is 6.92 Å². The van der Waals surface area contributed by atoms with E-state index in [1.807, 2.05) is 30.3 Å². The monoisotopic (exact) mass is 309 g/mol. The highest BCUT2D eigenvalue weighted by Crippen LogP contribution is 2.22. The van der Waals surface area contributed by atoms with E-state index in [0.29, 0.717) is 11.5 Å². The number of hydrogen-bond acceptors (Lipinski definition) is 4. The molecule has 116 valence electrons. The lowest BCUT2D eigenvalue weighted by Gasteiger charge is -2.16. The summed E-state index contributed by atoms with van der Waals surface area (Å²) in [7, 11) is 0. The fourth-order valence-electron chi connectivity index (χ4n) is 2.34. The Balaban J connectivity index is 1.93. The van der Waals surface area contributed by atoms with Gasteiger partial charge in [-0.2, -0.15) is 0 Å². The molecule has 0 aliphatic carbocycles. The predicted molar refractivity (Wildman–Crippen MR) is 84.2 cm³/mol. The van der Waals surface area contributed by atoms with Gasteiger partial charge in [-0.15, -0.1) is 0 Å². The Morgan fingerprint density at radius 1 is 1.09 bits per heavy atom. The molecule has 1 aromatic carbocycles. The number of furan rings is 1. The molecule has 5 heteroatoms. The number of rotatable bonds is 4. The molecule has 23 heavy (non-hydrogen) atoms. The molecule has 2 heterocycles. The first-order chi connectivity index (χ1) is 11.1. The van der Waals surface area contributed by atoms with E-state index < -0.39 is 11.9 Å². The molecule has 1 amide bonds. The molecule has 0 radical (unpaired) electrons. The van der Waals surface area contributed by atoms with E-state index in [1.165, 1.54) is 12.1 Å². The standard InChI is InChI=1S/C18H15NO4/c1-12-10-14(20)11-16(23-12)18(21)19-17(15-8-5-9-22-15)13-6-3-2-4-7-13/h2-11,17H,1H3,(H,19,21). The van der Waals surface area contributed by atoms with Crippen LogP contribution in [0.2, 0.25) is 0 Å². The van der Waals surface area contributed by atoms with Crippen molar-refractivity contribution >= 4 is 5.91 Å². The Morgan fingerprint density at radius 3 is 2.52 bits per heavy atom. The SMILES string of the molecule is Cc1cc(=O)cc(C(=O)NC(c2ccccc2)c2ccco2)o1. The van der Waals surface area contributed by atoms with Gasteiger partial charge in [0.15, 0.2) is 11.2 Å². The van der Waals surface area contributed by atoms with Crippen molar-refractivity contribution in [2.24, 2.45) is 0 Å². The van der Waals surface area contributed by atoms with Gasteiger partial charge < -0.3 is 14.2 Å². The van der Waals surface area contributed by atoms with Gasteiger partial charge in [0.25, 0.3) is 5.91 Å². The fourth-order valence-corrected chi connectivity index (χ4v) is 2.34. The summed E-state index contributed by atoms with van der Waals surface area (Å²) < 4.78 is 10.8. The van der Waals surface area contributed by atoms with Crippen LogP contribution < -0.4 is 10.7 Å². The van der Waals surface area contributed by atoms with Crippen LogP contribution in [0.3, 0.4) is 0 Å². The molecule has 0 bridgehead atoms. The third-order valence-corrected chi connectivity index (χ3v) is 3.35. The zero-order chi connectivity index (χ0) is 16.2. The van der Waals surface area contributed by atoms with E-state index >= 15 is 0 Å². The summed E-state index contributed by atoms with van der Waals surface area (Å²) in [4.78, 5) is 24.0. The second-order valence-corrected chi connectivity index (χ2v) is 5.10. The van der Waals surface area contributed by atoms with Gasteiger partial charge in [0.05, 0.1) is 6.26 Å². The number of carbonyl (C=O) groups is 1. The Morgan fingerprint density at radius 2 is 1.87 bits per heavy atom. The first-order valence-electron chi connectivity index (χ1n) is 7.14. The van der Waals surface area contributed by atoms with Crippen molar-refractivity contribution in [1.82, 2.24) is 5.32 Å². The van der Waals surface area contributed by atoms with Gasteiger partial charge in [0.2, 0.25) is 0 Å². The lowest BCUT2D eigenvalue weighted by atomic mass is 10.0. The van der Waals surface area contributed by atoms with Crippen LogP contribution in [-0.2, 0) is 0 Å². The van der Waals surface area contributed by atoms with Crippen LogP contribution in [0.1, 0.15) is 33.7 Å². The predicted octanol–water partition coefficient (Wildman–Crippen LogP) is 3.06. The molecule has 3 aromatic rings. The van der Waals surface area contributed by atoms with Gasteiger partial charge in [-0.25, -0.2) is 0 Å². The number of aryl methyl sites for hydroxylation is 1. The molecule has 0 saturated carbocycles. The molecule has 3 rings (SSSR count). The maximum atomic E-state index is 12.4. The van der Waals surface area contributed by atoms with Crippen molar-refractivity contribution in [1.29, 1.82) is 0 Å². The molecule has 0 spiro atoms. The summed E-state index contributed by atoms with van der Waals surface area (Å²) in [6.07, 6.45) is 1.55. The largest absolute Gasteiger partial charge is 0.467 e. The van der Waals surface area contributed by atoms with E-state index in [0.717, 1.165) is 5.56 Å². The fraction of sp³-hybridized carbons (Fsp3) is 0.111. The van der Waals surface area contributed by atoms with Crippen molar-refractivity contribution in [2.75, 3.05) is 0 Å². The Labute approximate surface area is 132 Å². The van der Waals surface area contributed by atoms with E-state index in [2.05, 4.69) is 5.32 Å². The summed E-state index contributed by atoms with van der Waals surface area (Å²) in [5, 5.41) is 2.84. The third kappa shape index (κ3) is 3.40. The van der Waals surface area contributed by atoms with E-state index in [9.17, 15) is 9.59 Å². The number of benzene rings is 1. The van der Waals surface area contributed by atoms with Gasteiger partial charge in [-0.3, -0.25) is 9.59 Å². The average Bonchev–Trinajstić information content (AvgIpc) is 3.06. The van der Waals surface area contributed by atoms with Crippen molar-refractivity contribution in [3.05, 3.63) is 93.9 Å². The minimum atomic E-state index is -0.476. The van der Waals surface area contributed by atoms with Crippen molar-refractivity contribution < 1.29 is 13.6 Å². The summed E-state index contributed by atoms with van der Waals surface area (Å²) in [6, 6.07) is 15.0. The number of nitrogens with one attached hydrogen (secondary N) is 1. The van der Waals surface area contributed by atoms with Gasteiger partial charge in [0, 0.05) is 12.1 Å². The zero-order valence-electron chi connectivity index (χ0n) is 12.5. The summed E-state index contributed by atoms with van der Waals surface area (Å²) >= 11 is 0. The Bertz CT molecular complexity index is 850. The van der Waals surface area contributed by atoms with Gasteiger partial charge >= 0.3 is 0 Å². The zero-order valence-corrected chi connectivity index (χ0v) is 12.5. The van der Waals surface area contributed by atoms with Gasteiger partial charge in [-0.1, -0.05) is 30.3 Å². The number of hydrogen-bond donors (Lipinski definition) is 1.